The quantitative estimate of drug-likeness (QED) is 0.328. The van der Waals surface area contributed by atoms with E-state index in [-0.39, 0.29) is 18.8 Å². The molecule has 2 atom stereocenters. The first-order chi connectivity index (χ1) is 9.65. The molecule has 0 aliphatic carbocycles. The van der Waals surface area contributed by atoms with Crippen molar-refractivity contribution in [3.8, 4) is 0 Å². The molecule has 0 heterocycles. The molecule has 9 nitrogen and oxygen atoms in total. The molecule has 0 aliphatic rings. The van der Waals surface area contributed by atoms with Gasteiger partial charge in [0.1, 0.15) is 12.6 Å². The molecule has 0 aromatic heterocycles. The van der Waals surface area contributed by atoms with Crippen LogP contribution < -0.4 is 22.1 Å². The van der Waals surface area contributed by atoms with Crippen LogP contribution in [0.4, 0.5) is 0 Å². The monoisotopic (exact) mass is 302 g/mol. The van der Waals surface area contributed by atoms with Crippen LogP contribution in [0.1, 0.15) is 26.7 Å². The molecule has 0 bridgehead atoms. The van der Waals surface area contributed by atoms with Gasteiger partial charge in [-0.1, -0.05) is 13.8 Å². The van der Waals surface area contributed by atoms with Gasteiger partial charge in [0.25, 0.3) is 0 Å². The number of carbonyl (C=O) groups excluding carboxylic acids is 3. The number of primary amides is 1. The highest BCUT2D eigenvalue weighted by atomic mass is 16.4. The van der Waals surface area contributed by atoms with E-state index in [0.29, 0.717) is 0 Å². The molecule has 0 saturated carbocycles. The Balaban J connectivity index is 4.55. The Kier molecular flexibility index (Phi) is 7.99. The third kappa shape index (κ3) is 7.88. The van der Waals surface area contributed by atoms with Crippen molar-refractivity contribution in [2.75, 3.05) is 6.54 Å². The molecule has 0 spiro atoms. The number of carbonyl (C=O) groups is 4. The van der Waals surface area contributed by atoms with Crippen LogP contribution >= 0.6 is 0 Å². The second-order valence-corrected chi connectivity index (χ2v) is 4.95. The fourth-order valence-electron chi connectivity index (χ4n) is 1.50. The summed E-state index contributed by atoms with van der Waals surface area (Å²) in [5.41, 5.74) is 10.6. The Morgan fingerprint density at radius 3 is 2.14 bits per heavy atom. The first-order valence-corrected chi connectivity index (χ1v) is 6.49. The van der Waals surface area contributed by atoms with Crippen LogP contribution in [0.2, 0.25) is 0 Å². The summed E-state index contributed by atoms with van der Waals surface area (Å²) in [6.07, 6.45) is 0.0366. The fraction of sp³-hybridized carbons (Fsp3) is 0.667. The number of carboxylic acid groups (broad SMARTS) is 1. The van der Waals surface area contributed by atoms with Gasteiger partial charge in [-0.05, 0) is 12.3 Å². The van der Waals surface area contributed by atoms with Crippen molar-refractivity contribution in [1.29, 1.82) is 0 Å². The van der Waals surface area contributed by atoms with Crippen molar-refractivity contribution in [3.63, 3.8) is 0 Å². The van der Waals surface area contributed by atoms with Gasteiger partial charge in [0.2, 0.25) is 17.7 Å². The standard InChI is InChI=1S/C12H22N4O5/c1-6(2)10(12(21)15-5-9(18)19)16-11(20)7(13)3-4-8(14)17/h6-7,10H,3-5,13H2,1-2H3,(H2,14,17)(H,15,21)(H,16,20)(H,18,19). The Morgan fingerprint density at radius 1 is 1.14 bits per heavy atom. The molecule has 0 aromatic rings. The molecule has 0 fully saturated rings. The molecule has 3 amide bonds. The van der Waals surface area contributed by atoms with E-state index in [9.17, 15) is 19.2 Å². The zero-order valence-electron chi connectivity index (χ0n) is 12.1. The predicted molar refractivity (Wildman–Crippen MR) is 73.8 cm³/mol. The number of hydrogen-bond donors (Lipinski definition) is 5. The maximum Gasteiger partial charge on any atom is 0.322 e. The molecule has 0 saturated heterocycles. The lowest BCUT2D eigenvalue weighted by molar-refractivity contribution is -0.138. The van der Waals surface area contributed by atoms with Crippen molar-refractivity contribution in [1.82, 2.24) is 10.6 Å². The fourth-order valence-corrected chi connectivity index (χ4v) is 1.50. The molecule has 7 N–H and O–H groups in total. The molecule has 0 radical (unpaired) electrons. The summed E-state index contributed by atoms with van der Waals surface area (Å²) in [6.45, 7) is 2.85. The Bertz CT molecular complexity index is 410. The number of hydrogen-bond acceptors (Lipinski definition) is 5. The van der Waals surface area contributed by atoms with Crippen LogP contribution in [-0.4, -0.2) is 47.4 Å². The van der Waals surface area contributed by atoms with E-state index >= 15 is 0 Å². The molecule has 0 aromatic carbocycles. The van der Waals surface area contributed by atoms with Gasteiger partial charge in [-0.3, -0.25) is 19.2 Å². The van der Waals surface area contributed by atoms with Crippen molar-refractivity contribution in [2.24, 2.45) is 17.4 Å². The van der Waals surface area contributed by atoms with Crippen molar-refractivity contribution in [3.05, 3.63) is 0 Å². The second kappa shape index (κ2) is 8.90. The number of nitrogens with one attached hydrogen (secondary N) is 2. The Morgan fingerprint density at radius 2 is 1.71 bits per heavy atom. The molecule has 9 heteroatoms. The molecular formula is C12H22N4O5. The van der Waals surface area contributed by atoms with Crippen molar-refractivity contribution >= 4 is 23.7 Å². The Hall–Kier alpha value is -2.16. The van der Waals surface area contributed by atoms with Crippen LogP contribution in [0, 0.1) is 5.92 Å². The minimum Gasteiger partial charge on any atom is -0.480 e. The summed E-state index contributed by atoms with van der Waals surface area (Å²) in [5, 5.41) is 13.1. The normalized spacial score (nSPS) is 13.3. The highest BCUT2D eigenvalue weighted by Gasteiger charge is 2.26. The topological polar surface area (TPSA) is 165 Å². The summed E-state index contributed by atoms with van der Waals surface area (Å²) in [7, 11) is 0. The van der Waals surface area contributed by atoms with E-state index in [1.165, 1.54) is 0 Å². The largest absolute Gasteiger partial charge is 0.480 e. The average molecular weight is 302 g/mol. The highest BCUT2D eigenvalue weighted by Crippen LogP contribution is 2.03. The first kappa shape index (κ1) is 18.8. The lowest BCUT2D eigenvalue weighted by atomic mass is 10.0. The summed E-state index contributed by atoms with van der Waals surface area (Å²) in [4.78, 5) is 44.7. The number of rotatable bonds is 9. The zero-order chi connectivity index (χ0) is 16.6. The van der Waals surface area contributed by atoms with Gasteiger partial charge in [-0.25, -0.2) is 0 Å². The summed E-state index contributed by atoms with van der Waals surface area (Å²) in [6, 6.07) is -1.87. The van der Waals surface area contributed by atoms with Gasteiger partial charge < -0.3 is 27.2 Å². The molecule has 120 valence electrons. The number of amides is 3. The van der Waals surface area contributed by atoms with E-state index in [2.05, 4.69) is 10.6 Å². The third-order valence-electron chi connectivity index (χ3n) is 2.70. The van der Waals surface area contributed by atoms with E-state index in [0.717, 1.165) is 0 Å². The van der Waals surface area contributed by atoms with E-state index in [4.69, 9.17) is 16.6 Å². The van der Waals surface area contributed by atoms with Gasteiger partial charge >= 0.3 is 5.97 Å². The van der Waals surface area contributed by atoms with Gasteiger partial charge in [0.15, 0.2) is 0 Å². The van der Waals surface area contributed by atoms with Crippen molar-refractivity contribution in [2.45, 2.75) is 38.8 Å². The van der Waals surface area contributed by atoms with Gasteiger partial charge in [-0.15, -0.1) is 0 Å². The predicted octanol–water partition coefficient (Wildman–Crippen LogP) is -2.08. The third-order valence-corrected chi connectivity index (χ3v) is 2.70. The summed E-state index contributed by atoms with van der Waals surface area (Å²) >= 11 is 0. The second-order valence-electron chi connectivity index (χ2n) is 4.95. The summed E-state index contributed by atoms with van der Waals surface area (Å²) in [5.74, 6) is -3.22. The van der Waals surface area contributed by atoms with Crippen molar-refractivity contribution < 1.29 is 24.3 Å². The van der Waals surface area contributed by atoms with Gasteiger partial charge in [0.05, 0.1) is 6.04 Å². The lowest BCUT2D eigenvalue weighted by Gasteiger charge is -2.23. The van der Waals surface area contributed by atoms with E-state index in [1.54, 1.807) is 13.8 Å². The number of aliphatic carboxylic acids is 1. The first-order valence-electron chi connectivity index (χ1n) is 6.49. The van der Waals surface area contributed by atoms with Crippen LogP contribution in [0.5, 0.6) is 0 Å². The zero-order valence-corrected chi connectivity index (χ0v) is 12.1. The average Bonchev–Trinajstić information content (AvgIpc) is 2.38. The Labute approximate surface area is 122 Å². The van der Waals surface area contributed by atoms with Crippen LogP contribution in [-0.2, 0) is 19.2 Å². The highest BCUT2D eigenvalue weighted by molar-refractivity contribution is 5.91. The smallest absolute Gasteiger partial charge is 0.322 e. The minimum absolute atomic E-state index is 0.0356. The SMILES string of the molecule is CC(C)C(NC(=O)C(N)CCC(N)=O)C(=O)NCC(=O)O. The maximum atomic E-state index is 11.8. The van der Waals surface area contributed by atoms with Gasteiger partial charge in [-0.2, -0.15) is 0 Å². The number of carboxylic acids is 1. The maximum absolute atomic E-state index is 11.8. The minimum atomic E-state index is -1.18. The van der Waals surface area contributed by atoms with Crippen LogP contribution in [0.15, 0.2) is 0 Å². The van der Waals surface area contributed by atoms with E-state index in [1.807, 2.05) is 0 Å². The van der Waals surface area contributed by atoms with E-state index < -0.39 is 42.3 Å². The number of nitrogens with two attached hydrogens (primary N) is 2. The lowest BCUT2D eigenvalue weighted by Crippen LogP contribution is -2.54. The van der Waals surface area contributed by atoms with Crippen LogP contribution in [0.25, 0.3) is 0 Å². The molecule has 0 rings (SSSR count). The summed E-state index contributed by atoms with van der Waals surface area (Å²) < 4.78 is 0. The molecule has 0 aliphatic heterocycles. The molecule has 2 unspecified atom stereocenters. The van der Waals surface area contributed by atoms with Crippen LogP contribution in [0.3, 0.4) is 0 Å². The molecular weight excluding hydrogens is 280 g/mol. The van der Waals surface area contributed by atoms with Gasteiger partial charge in [0, 0.05) is 6.42 Å². The molecule has 21 heavy (non-hydrogen) atoms.